The zero-order valence-electron chi connectivity index (χ0n) is 25.7. The largest absolute Gasteiger partial charge is 0.480 e. The fraction of sp³-hybridized carbons (Fsp3) is 0.556. The summed E-state index contributed by atoms with van der Waals surface area (Å²) >= 11 is 0. The number of aliphatic carboxylic acids is 1. The predicted octanol–water partition coefficient (Wildman–Crippen LogP) is 6.81. The van der Waals surface area contributed by atoms with Crippen LogP contribution in [0.4, 0.5) is 0 Å². The predicted molar refractivity (Wildman–Crippen MR) is 170 cm³/mol. The van der Waals surface area contributed by atoms with Gasteiger partial charge in [0.1, 0.15) is 6.04 Å². The van der Waals surface area contributed by atoms with Gasteiger partial charge in [-0.2, -0.15) is 5.10 Å². The number of aryl methyl sites for hydroxylation is 1. The van der Waals surface area contributed by atoms with Crippen LogP contribution in [0, 0.1) is 5.92 Å². The second-order valence-corrected chi connectivity index (χ2v) is 12.7. The van der Waals surface area contributed by atoms with Gasteiger partial charge < -0.3 is 10.0 Å². The van der Waals surface area contributed by atoms with Crippen LogP contribution in [0.15, 0.2) is 66.9 Å². The molecule has 2 saturated heterocycles. The zero-order valence-corrected chi connectivity index (χ0v) is 25.7. The molecule has 3 heterocycles. The van der Waals surface area contributed by atoms with Crippen LogP contribution in [0.5, 0.6) is 0 Å². The van der Waals surface area contributed by atoms with Gasteiger partial charge in [-0.3, -0.25) is 14.4 Å². The van der Waals surface area contributed by atoms with E-state index in [1.54, 1.807) is 0 Å². The van der Waals surface area contributed by atoms with Crippen molar-refractivity contribution < 1.29 is 9.90 Å². The summed E-state index contributed by atoms with van der Waals surface area (Å²) in [6, 6.07) is 21.0. The van der Waals surface area contributed by atoms with Crippen molar-refractivity contribution in [3.05, 3.63) is 89.2 Å². The third-order valence-corrected chi connectivity index (χ3v) is 9.84. The number of hydrogen-bond donors (Lipinski definition) is 1. The minimum atomic E-state index is -0.615. The van der Waals surface area contributed by atoms with Gasteiger partial charge in [0.15, 0.2) is 0 Å². The van der Waals surface area contributed by atoms with Gasteiger partial charge in [-0.25, -0.2) is 0 Å². The van der Waals surface area contributed by atoms with Crippen LogP contribution in [-0.2, 0) is 17.8 Å². The fourth-order valence-corrected chi connectivity index (χ4v) is 7.54. The van der Waals surface area contributed by atoms with Crippen LogP contribution >= 0.6 is 0 Å². The Bertz CT molecular complexity index is 1230. The van der Waals surface area contributed by atoms with Crippen molar-refractivity contribution in [2.24, 2.45) is 5.92 Å². The van der Waals surface area contributed by atoms with Crippen LogP contribution < -0.4 is 0 Å². The van der Waals surface area contributed by atoms with E-state index in [0.717, 1.165) is 45.3 Å². The standard InChI is InChI=1S/C18H25N3.C18H25NO2/c1-3-21-18(16-9-11-20(2)12-10-16)17(14-19-21)13-15-7-5-4-6-8-15;20-18(21)17(15-9-5-2-6-10-15)19-12-11-16(13-19)14-7-3-1-4-8-14/h4-8,14,16H,3,9-13H2,1-2H3;1,3-4,7-8,15-17H,2,5-6,9-13H2,(H,20,21)/t;16-,17?/m.1/s1. The van der Waals surface area contributed by atoms with E-state index in [4.69, 9.17) is 0 Å². The second-order valence-electron chi connectivity index (χ2n) is 12.7. The normalized spacial score (nSPS) is 21.5. The highest BCUT2D eigenvalue weighted by atomic mass is 16.4. The zero-order chi connectivity index (χ0) is 29.3. The van der Waals surface area contributed by atoms with E-state index < -0.39 is 5.97 Å². The molecular weight excluding hydrogens is 520 g/mol. The molecule has 1 unspecified atom stereocenters. The Morgan fingerprint density at radius 1 is 0.881 bits per heavy atom. The molecule has 1 aliphatic carbocycles. The van der Waals surface area contributed by atoms with Crippen molar-refractivity contribution in [1.82, 2.24) is 19.6 Å². The highest BCUT2D eigenvalue weighted by molar-refractivity contribution is 5.74. The third kappa shape index (κ3) is 7.70. The Morgan fingerprint density at radius 3 is 2.17 bits per heavy atom. The van der Waals surface area contributed by atoms with Crippen molar-refractivity contribution in [3.8, 4) is 0 Å². The number of piperidine rings is 1. The summed E-state index contributed by atoms with van der Waals surface area (Å²) in [6.45, 7) is 7.38. The van der Waals surface area contributed by atoms with E-state index in [2.05, 4.69) is 94.3 Å². The summed E-state index contributed by atoms with van der Waals surface area (Å²) < 4.78 is 2.22. The molecule has 1 N–H and O–H groups in total. The SMILES string of the molecule is CCn1ncc(Cc2ccccc2)c1C1CCN(C)CC1.O=C(O)C(C1CCCCC1)N1CC[C@@H](c2ccccc2)C1. The van der Waals surface area contributed by atoms with Gasteiger partial charge in [0.05, 0.1) is 6.20 Å². The third-order valence-electron chi connectivity index (χ3n) is 9.84. The molecule has 0 bridgehead atoms. The summed E-state index contributed by atoms with van der Waals surface area (Å²) in [6.07, 6.45) is 12.5. The van der Waals surface area contributed by atoms with E-state index in [1.807, 2.05) is 6.07 Å². The van der Waals surface area contributed by atoms with Gasteiger partial charge in [-0.15, -0.1) is 0 Å². The number of rotatable bonds is 8. The molecule has 0 radical (unpaired) electrons. The van der Waals surface area contributed by atoms with Gasteiger partial charge in [-0.1, -0.05) is 79.9 Å². The molecule has 226 valence electrons. The minimum absolute atomic E-state index is 0.265. The first kappa shape index (κ1) is 30.5. The molecule has 3 aromatic rings. The first-order chi connectivity index (χ1) is 20.5. The van der Waals surface area contributed by atoms with Crippen molar-refractivity contribution in [2.45, 2.75) is 89.1 Å². The van der Waals surface area contributed by atoms with Gasteiger partial charge in [0.2, 0.25) is 0 Å². The van der Waals surface area contributed by atoms with Crippen LogP contribution in [0.2, 0.25) is 0 Å². The molecule has 6 nitrogen and oxygen atoms in total. The van der Waals surface area contributed by atoms with E-state index in [0.29, 0.717) is 17.8 Å². The lowest BCUT2D eigenvalue weighted by Crippen LogP contribution is -2.45. The Labute approximate surface area is 252 Å². The molecule has 1 aromatic heterocycles. The van der Waals surface area contributed by atoms with E-state index >= 15 is 0 Å². The topological polar surface area (TPSA) is 61.6 Å². The smallest absolute Gasteiger partial charge is 0.321 e. The molecule has 3 aliphatic rings. The lowest BCUT2D eigenvalue weighted by atomic mass is 9.83. The highest BCUT2D eigenvalue weighted by Crippen LogP contribution is 2.35. The quantitative estimate of drug-likeness (QED) is 0.322. The molecule has 42 heavy (non-hydrogen) atoms. The van der Waals surface area contributed by atoms with E-state index in [1.165, 1.54) is 67.6 Å². The molecule has 3 fully saturated rings. The fourth-order valence-electron chi connectivity index (χ4n) is 7.54. The molecule has 0 spiro atoms. The second kappa shape index (κ2) is 15.0. The molecule has 2 aliphatic heterocycles. The van der Waals surface area contributed by atoms with Crippen molar-refractivity contribution in [2.75, 3.05) is 33.2 Å². The lowest BCUT2D eigenvalue weighted by Gasteiger charge is -2.33. The average molecular weight is 571 g/mol. The van der Waals surface area contributed by atoms with Crippen LogP contribution in [0.1, 0.15) is 92.5 Å². The highest BCUT2D eigenvalue weighted by Gasteiger charge is 2.38. The number of nitrogens with zero attached hydrogens (tertiary/aromatic N) is 4. The van der Waals surface area contributed by atoms with Gasteiger partial charge in [-0.05, 0) is 94.2 Å². The molecule has 1 saturated carbocycles. The first-order valence-corrected chi connectivity index (χ1v) is 16.3. The van der Waals surface area contributed by atoms with Crippen LogP contribution in [0.25, 0.3) is 0 Å². The van der Waals surface area contributed by atoms with E-state index in [-0.39, 0.29) is 6.04 Å². The van der Waals surface area contributed by atoms with Crippen molar-refractivity contribution >= 4 is 5.97 Å². The number of carbonyl (C=O) groups is 1. The summed E-state index contributed by atoms with van der Waals surface area (Å²) in [5, 5.41) is 14.3. The molecule has 6 heteroatoms. The molecular formula is C36H50N4O2. The summed E-state index contributed by atoms with van der Waals surface area (Å²) in [5.41, 5.74) is 5.63. The number of hydrogen-bond acceptors (Lipinski definition) is 4. The van der Waals surface area contributed by atoms with Gasteiger partial charge in [0, 0.05) is 31.1 Å². The maximum Gasteiger partial charge on any atom is 0.321 e. The monoisotopic (exact) mass is 570 g/mol. The maximum atomic E-state index is 11.8. The number of likely N-dealkylation sites (tertiary alicyclic amines) is 2. The van der Waals surface area contributed by atoms with Crippen molar-refractivity contribution in [3.63, 3.8) is 0 Å². The molecule has 2 aromatic carbocycles. The summed E-state index contributed by atoms with van der Waals surface area (Å²) in [7, 11) is 2.22. The average Bonchev–Trinajstić information content (AvgIpc) is 3.67. The van der Waals surface area contributed by atoms with Crippen LogP contribution in [0.3, 0.4) is 0 Å². The molecule has 2 atom stereocenters. The van der Waals surface area contributed by atoms with Crippen LogP contribution in [-0.4, -0.2) is 69.9 Å². The maximum absolute atomic E-state index is 11.8. The number of aromatic nitrogens is 2. The number of carboxylic acid groups (broad SMARTS) is 1. The molecule has 6 rings (SSSR count). The summed E-state index contributed by atoms with van der Waals surface area (Å²) in [5.74, 6) is 0.903. The number of carboxylic acids is 1. The Hall–Kier alpha value is -2.96. The van der Waals surface area contributed by atoms with Gasteiger partial charge in [0.25, 0.3) is 0 Å². The Kier molecular flexibility index (Phi) is 10.9. The minimum Gasteiger partial charge on any atom is -0.480 e. The lowest BCUT2D eigenvalue weighted by molar-refractivity contribution is -0.145. The van der Waals surface area contributed by atoms with Gasteiger partial charge >= 0.3 is 5.97 Å². The van der Waals surface area contributed by atoms with E-state index in [9.17, 15) is 9.90 Å². The molecule has 0 amide bonds. The number of benzene rings is 2. The van der Waals surface area contributed by atoms with Crippen molar-refractivity contribution in [1.29, 1.82) is 0 Å². The Balaban J connectivity index is 0.000000168. The Morgan fingerprint density at radius 2 is 1.52 bits per heavy atom. The summed E-state index contributed by atoms with van der Waals surface area (Å²) in [4.78, 5) is 16.4. The first-order valence-electron chi connectivity index (χ1n) is 16.3.